The van der Waals surface area contributed by atoms with Gasteiger partial charge < -0.3 is 16.0 Å². The van der Waals surface area contributed by atoms with Crippen molar-refractivity contribution in [2.45, 2.75) is 44.6 Å². The molecule has 4 heteroatoms. The topological polar surface area (TPSA) is 58.4 Å². The Morgan fingerprint density at radius 2 is 1.94 bits per heavy atom. The Bertz CT molecular complexity index is 291. The normalized spacial score (nSPS) is 25.7. The molecule has 1 aliphatic carbocycles. The van der Waals surface area contributed by atoms with Gasteiger partial charge in [-0.05, 0) is 71.0 Å². The molecule has 3 N–H and O–H groups in total. The summed E-state index contributed by atoms with van der Waals surface area (Å²) in [5.74, 6) is 1.21. The van der Waals surface area contributed by atoms with E-state index in [1.165, 1.54) is 25.9 Å². The Balaban J connectivity index is 1.64. The zero-order chi connectivity index (χ0) is 13.2. The molecule has 1 atom stereocenters. The molecule has 0 radical (unpaired) electrons. The van der Waals surface area contributed by atoms with Crippen LogP contribution in [0, 0.1) is 11.8 Å². The predicted octanol–water partition coefficient (Wildman–Crippen LogP) is 0.962. The average Bonchev–Trinajstić information content (AvgIpc) is 3.15. The summed E-state index contributed by atoms with van der Waals surface area (Å²) in [6.45, 7) is 5.03. The van der Waals surface area contributed by atoms with Crippen molar-refractivity contribution in [3.8, 4) is 0 Å². The maximum absolute atomic E-state index is 12.0. The van der Waals surface area contributed by atoms with Crippen LogP contribution in [-0.4, -0.2) is 43.0 Å². The van der Waals surface area contributed by atoms with Gasteiger partial charge in [-0.2, -0.15) is 0 Å². The van der Waals surface area contributed by atoms with Crippen LogP contribution in [0.5, 0.6) is 0 Å². The molecule has 2 aliphatic rings. The lowest BCUT2D eigenvalue weighted by molar-refractivity contribution is -0.126. The molecule has 0 aromatic rings. The molecular weight excluding hydrogens is 226 g/mol. The highest BCUT2D eigenvalue weighted by Gasteiger charge is 2.43. The number of nitrogens with one attached hydrogen (secondary N) is 1. The summed E-state index contributed by atoms with van der Waals surface area (Å²) in [6.07, 6.45) is 5.83. The molecule has 1 unspecified atom stereocenters. The van der Waals surface area contributed by atoms with Crippen LogP contribution < -0.4 is 11.1 Å². The molecule has 0 spiro atoms. The summed E-state index contributed by atoms with van der Waals surface area (Å²) < 4.78 is 0. The number of piperidine rings is 1. The van der Waals surface area contributed by atoms with Crippen molar-refractivity contribution in [2.24, 2.45) is 17.6 Å². The van der Waals surface area contributed by atoms with Crippen LogP contribution in [0.4, 0.5) is 0 Å². The first-order chi connectivity index (χ1) is 8.50. The van der Waals surface area contributed by atoms with Crippen LogP contribution in [0.3, 0.4) is 0 Å². The third-order valence-corrected chi connectivity index (χ3v) is 4.59. The van der Waals surface area contributed by atoms with Gasteiger partial charge in [0.05, 0.1) is 5.54 Å². The van der Waals surface area contributed by atoms with Gasteiger partial charge in [-0.15, -0.1) is 0 Å². The number of carbonyl (C=O) groups excluding carboxylic acids is 1. The lowest BCUT2D eigenvalue weighted by atomic mass is 9.93. The largest absolute Gasteiger partial charge is 0.354 e. The third-order valence-electron chi connectivity index (χ3n) is 4.59. The van der Waals surface area contributed by atoms with Gasteiger partial charge in [0.25, 0.3) is 0 Å². The van der Waals surface area contributed by atoms with E-state index in [0.717, 1.165) is 31.7 Å². The molecule has 1 amide bonds. The standard InChI is InChI=1S/C14H27N3O/c1-14(15,12-3-4-12)13(18)16-8-5-11-6-9-17(2)10-7-11/h11-12H,3-10,15H2,1-2H3,(H,16,18). The molecule has 104 valence electrons. The molecule has 18 heavy (non-hydrogen) atoms. The van der Waals surface area contributed by atoms with Crippen molar-refractivity contribution in [3.05, 3.63) is 0 Å². The van der Waals surface area contributed by atoms with Crippen LogP contribution in [0.1, 0.15) is 39.0 Å². The average molecular weight is 253 g/mol. The van der Waals surface area contributed by atoms with Crippen LogP contribution in [0.25, 0.3) is 0 Å². The van der Waals surface area contributed by atoms with E-state index in [1.54, 1.807) is 0 Å². The number of hydrogen-bond donors (Lipinski definition) is 2. The number of carbonyl (C=O) groups is 1. The molecule has 2 fully saturated rings. The molecule has 1 saturated heterocycles. The monoisotopic (exact) mass is 253 g/mol. The number of amides is 1. The highest BCUT2D eigenvalue weighted by Crippen LogP contribution is 2.38. The van der Waals surface area contributed by atoms with E-state index >= 15 is 0 Å². The van der Waals surface area contributed by atoms with Gasteiger partial charge in [-0.25, -0.2) is 0 Å². The van der Waals surface area contributed by atoms with E-state index in [-0.39, 0.29) is 5.91 Å². The first kappa shape index (κ1) is 13.8. The summed E-state index contributed by atoms with van der Waals surface area (Å²) in [5, 5.41) is 3.03. The van der Waals surface area contributed by atoms with E-state index < -0.39 is 5.54 Å². The zero-order valence-corrected chi connectivity index (χ0v) is 11.7. The summed E-state index contributed by atoms with van der Waals surface area (Å²) >= 11 is 0. The smallest absolute Gasteiger partial charge is 0.240 e. The highest BCUT2D eigenvalue weighted by atomic mass is 16.2. The first-order valence-corrected chi connectivity index (χ1v) is 7.26. The maximum Gasteiger partial charge on any atom is 0.240 e. The van der Waals surface area contributed by atoms with Gasteiger partial charge in [-0.3, -0.25) is 4.79 Å². The van der Waals surface area contributed by atoms with Gasteiger partial charge in [0.1, 0.15) is 0 Å². The molecular formula is C14H27N3O. The minimum Gasteiger partial charge on any atom is -0.354 e. The summed E-state index contributed by atoms with van der Waals surface area (Å²) in [4.78, 5) is 14.4. The van der Waals surface area contributed by atoms with Gasteiger partial charge in [-0.1, -0.05) is 0 Å². The van der Waals surface area contributed by atoms with E-state index in [4.69, 9.17) is 5.73 Å². The second-order valence-electron chi connectivity index (χ2n) is 6.35. The highest BCUT2D eigenvalue weighted by molar-refractivity contribution is 5.86. The van der Waals surface area contributed by atoms with Crippen molar-refractivity contribution >= 4 is 5.91 Å². The Morgan fingerprint density at radius 1 is 1.33 bits per heavy atom. The summed E-state index contributed by atoms with van der Waals surface area (Å²) in [6, 6.07) is 0. The number of nitrogens with two attached hydrogens (primary N) is 1. The van der Waals surface area contributed by atoms with Crippen LogP contribution in [-0.2, 0) is 4.79 Å². The zero-order valence-electron chi connectivity index (χ0n) is 11.7. The van der Waals surface area contributed by atoms with Gasteiger partial charge in [0.15, 0.2) is 0 Å². The number of rotatable bonds is 5. The molecule has 4 nitrogen and oxygen atoms in total. The lowest BCUT2D eigenvalue weighted by Crippen LogP contribution is -2.53. The van der Waals surface area contributed by atoms with Crippen LogP contribution >= 0.6 is 0 Å². The minimum absolute atomic E-state index is 0.0397. The molecule has 0 aromatic carbocycles. The maximum atomic E-state index is 12.0. The molecule has 0 bridgehead atoms. The van der Waals surface area contributed by atoms with Crippen molar-refractivity contribution in [3.63, 3.8) is 0 Å². The third kappa shape index (κ3) is 3.45. The van der Waals surface area contributed by atoms with Gasteiger partial charge >= 0.3 is 0 Å². The fourth-order valence-electron chi connectivity index (χ4n) is 2.80. The van der Waals surface area contributed by atoms with E-state index in [0.29, 0.717) is 5.92 Å². The number of hydrogen-bond acceptors (Lipinski definition) is 3. The molecule has 1 aliphatic heterocycles. The second-order valence-corrected chi connectivity index (χ2v) is 6.35. The van der Waals surface area contributed by atoms with Crippen molar-refractivity contribution < 1.29 is 4.79 Å². The Kier molecular flexibility index (Phi) is 4.28. The first-order valence-electron chi connectivity index (χ1n) is 7.26. The van der Waals surface area contributed by atoms with E-state index in [2.05, 4.69) is 17.3 Å². The van der Waals surface area contributed by atoms with Crippen molar-refractivity contribution in [1.29, 1.82) is 0 Å². The SMILES string of the molecule is CN1CCC(CCNC(=O)C(C)(N)C2CC2)CC1. The summed E-state index contributed by atoms with van der Waals surface area (Å²) in [5.41, 5.74) is 5.44. The molecule has 1 saturated carbocycles. The van der Waals surface area contributed by atoms with Crippen LogP contribution in [0.15, 0.2) is 0 Å². The molecule has 1 heterocycles. The predicted molar refractivity (Wildman–Crippen MR) is 73.2 cm³/mol. The van der Waals surface area contributed by atoms with Gasteiger partial charge in [0, 0.05) is 6.54 Å². The Morgan fingerprint density at radius 3 is 2.50 bits per heavy atom. The summed E-state index contributed by atoms with van der Waals surface area (Å²) in [7, 11) is 2.17. The fourth-order valence-corrected chi connectivity index (χ4v) is 2.80. The van der Waals surface area contributed by atoms with Crippen LogP contribution in [0.2, 0.25) is 0 Å². The van der Waals surface area contributed by atoms with E-state index in [9.17, 15) is 4.79 Å². The van der Waals surface area contributed by atoms with Crippen molar-refractivity contribution in [1.82, 2.24) is 10.2 Å². The van der Waals surface area contributed by atoms with E-state index in [1.807, 2.05) is 6.92 Å². The number of likely N-dealkylation sites (tertiary alicyclic amines) is 1. The molecule has 2 rings (SSSR count). The quantitative estimate of drug-likeness (QED) is 0.767. The Labute approximate surface area is 110 Å². The Hall–Kier alpha value is -0.610. The lowest BCUT2D eigenvalue weighted by Gasteiger charge is -2.29. The van der Waals surface area contributed by atoms with Gasteiger partial charge in [0.2, 0.25) is 5.91 Å². The second kappa shape index (κ2) is 5.57. The molecule has 0 aromatic heterocycles. The van der Waals surface area contributed by atoms with Crippen molar-refractivity contribution in [2.75, 3.05) is 26.7 Å². The minimum atomic E-state index is -0.646. The fraction of sp³-hybridized carbons (Fsp3) is 0.929. The number of nitrogens with zero attached hydrogens (tertiary/aromatic N) is 1.